The second-order valence-electron chi connectivity index (χ2n) is 10.6. The molecule has 0 aliphatic rings. The molecule has 4 heteroatoms. The molecule has 0 aliphatic carbocycles. The van der Waals surface area contributed by atoms with Crippen LogP contribution in [0.4, 0.5) is 0 Å². The highest BCUT2D eigenvalue weighted by molar-refractivity contribution is 5.89. The van der Waals surface area contributed by atoms with Crippen LogP contribution in [0.5, 0.6) is 0 Å². The minimum Gasteiger partial charge on any atom is -0.465 e. The number of esters is 1. The molecule has 0 fully saturated rings. The van der Waals surface area contributed by atoms with Gasteiger partial charge in [-0.05, 0) is 99.0 Å². The lowest BCUT2D eigenvalue weighted by Gasteiger charge is -2.27. The van der Waals surface area contributed by atoms with E-state index in [0.29, 0.717) is 11.5 Å². The summed E-state index contributed by atoms with van der Waals surface area (Å²) in [7, 11) is 1.42. The highest BCUT2D eigenvalue weighted by Gasteiger charge is 2.16. The van der Waals surface area contributed by atoms with Gasteiger partial charge in [0.1, 0.15) is 0 Å². The Labute approximate surface area is 226 Å². The van der Waals surface area contributed by atoms with E-state index in [2.05, 4.69) is 75.3 Å². The molecule has 37 heavy (non-hydrogen) atoms. The van der Waals surface area contributed by atoms with Gasteiger partial charge in [0.15, 0.2) is 0 Å². The fourth-order valence-electron chi connectivity index (χ4n) is 5.07. The first kappa shape index (κ1) is 30.6. The van der Waals surface area contributed by atoms with Crippen LogP contribution in [0.2, 0.25) is 0 Å². The molecule has 204 valence electrons. The fourth-order valence-corrected chi connectivity index (χ4v) is 5.07. The summed E-state index contributed by atoms with van der Waals surface area (Å²) in [5.41, 5.74) is 7.03. The van der Waals surface area contributed by atoms with E-state index < -0.39 is 0 Å². The monoisotopic (exact) mass is 506 g/mol. The predicted molar refractivity (Wildman–Crippen MR) is 159 cm³/mol. The molecule has 3 rings (SSSR count). The summed E-state index contributed by atoms with van der Waals surface area (Å²) >= 11 is 0. The van der Waals surface area contributed by atoms with Gasteiger partial charge >= 0.3 is 5.97 Å². The Balaban J connectivity index is 0.00000235. The van der Waals surface area contributed by atoms with Crippen molar-refractivity contribution in [1.29, 1.82) is 0 Å². The minimum absolute atomic E-state index is 0.290. The fraction of sp³-hybridized carbons (Fsp3) is 0.545. The summed E-state index contributed by atoms with van der Waals surface area (Å²) in [6.45, 7) is 22.4. The third kappa shape index (κ3) is 8.46. The van der Waals surface area contributed by atoms with E-state index in [1.54, 1.807) is 6.07 Å². The molecule has 3 aromatic rings. The van der Waals surface area contributed by atoms with Crippen molar-refractivity contribution in [3.05, 3.63) is 70.4 Å². The minimum atomic E-state index is -0.290. The second-order valence-corrected chi connectivity index (χ2v) is 10.6. The Morgan fingerprint density at radius 2 is 1.70 bits per heavy atom. The van der Waals surface area contributed by atoms with Gasteiger partial charge in [-0.3, -0.25) is 0 Å². The summed E-state index contributed by atoms with van der Waals surface area (Å²) in [5.74, 6) is 1.05. The van der Waals surface area contributed by atoms with Crippen molar-refractivity contribution in [2.24, 2.45) is 11.8 Å². The van der Waals surface area contributed by atoms with Crippen molar-refractivity contribution in [3.8, 4) is 0 Å². The van der Waals surface area contributed by atoms with Crippen molar-refractivity contribution < 1.29 is 9.53 Å². The van der Waals surface area contributed by atoms with Gasteiger partial charge in [0.2, 0.25) is 0 Å². The molecule has 0 spiro atoms. The van der Waals surface area contributed by atoms with Crippen molar-refractivity contribution in [2.45, 2.75) is 81.2 Å². The van der Waals surface area contributed by atoms with E-state index in [9.17, 15) is 4.79 Å². The van der Waals surface area contributed by atoms with Crippen LogP contribution in [0.3, 0.4) is 0 Å². The Bertz CT molecular complexity index is 1130. The van der Waals surface area contributed by atoms with Crippen LogP contribution in [0, 0.1) is 25.7 Å². The molecule has 1 unspecified atom stereocenters. The van der Waals surface area contributed by atoms with Crippen LogP contribution < -0.4 is 0 Å². The number of carbonyl (C=O) groups excluding carboxylic acids is 1. The largest absolute Gasteiger partial charge is 0.465 e. The number of ether oxygens (including phenoxy) is 1. The average Bonchev–Trinajstić information content (AvgIpc) is 3.12. The van der Waals surface area contributed by atoms with Crippen LogP contribution in [-0.2, 0) is 17.7 Å². The van der Waals surface area contributed by atoms with Crippen LogP contribution >= 0.6 is 0 Å². The third-order valence-electron chi connectivity index (χ3n) is 7.09. The molecule has 0 bridgehead atoms. The lowest BCUT2D eigenvalue weighted by molar-refractivity contribution is 0.0600. The number of nitrogens with zero attached hydrogens (tertiary/aromatic N) is 2. The zero-order valence-electron chi connectivity index (χ0n) is 24.9. The lowest BCUT2D eigenvalue weighted by Crippen LogP contribution is -2.32. The van der Waals surface area contributed by atoms with E-state index in [4.69, 9.17) is 4.74 Å². The molecular formula is C33H50N2O2. The van der Waals surface area contributed by atoms with E-state index in [1.807, 2.05) is 26.0 Å². The molecule has 0 radical (unpaired) electrons. The number of rotatable bonds is 12. The van der Waals surface area contributed by atoms with Gasteiger partial charge in [0, 0.05) is 29.7 Å². The topological polar surface area (TPSA) is 34.5 Å². The molecule has 0 aliphatic heterocycles. The highest BCUT2D eigenvalue weighted by atomic mass is 16.5. The maximum absolute atomic E-state index is 11.9. The Morgan fingerprint density at radius 1 is 1.00 bits per heavy atom. The number of aromatic nitrogens is 1. The van der Waals surface area contributed by atoms with Gasteiger partial charge in [-0.25, -0.2) is 4.79 Å². The standard InChI is InChI=1S/C31H44N2O2.C2H6/c1-8-15-32(16-14-22(2)3)20-23(4)21-33-25(6)24(5)29-19-27(12-13-30(29)33)17-26-10-9-11-28(18-26)31(34)35-7;1-2/h9-13,18-19,22-23H,8,14-17,20-21H2,1-7H3;1-2H3. The molecule has 0 saturated heterocycles. The van der Waals surface area contributed by atoms with Gasteiger partial charge in [-0.1, -0.05) is 59.7 Å². The zero-order valence-corrected chi connectivity index (χ0v) is 24.9. The highest BCUT2D eigenvalue weighted by Crippen LogP contribution is 2.28. The van der Waals surface area contributed by atoms with Gasteiger partial charge in [0.05, 0.1) is 12.7 Å². The van der Waals surface area contributed by atoms with E-state index in [1.165, 1.54) is 60.8 Å². The van der Waals surface area contributed by atoms with Crippen molar-refractivity contribution >= 4 is 16.9 Å². The second kappa shape index (κ2) is 15.0. The summed E-state index contributed by atoms with van der Waals surface area (Å²) < 4.78 is 7.40. The third-order valence-corrected chi connectivity index (χ3v) is 7.09. The number of aryl methyl sites for hydroxylation is 1. The first-order chi connectivity index (χ1) is 17.7. The maximum atomic E-state index is 11.9. The SMILES string of the molecule is CC.CCCN(CCC(C)C)CC(C)Cn1c(C)c(C)c2cc(Cc3cccc(C(=O)OC)c3)ccc21. The summed E-state index contributed by atoms with van der Waals surface area (Å²) in [5, 5.41) is 1.33. The van der Waals surface area contributed by atoms with E-state index >= 15 is 0 Å². The van der Waals surface area contributed by atoms with E-state index in [-0.39, 0.29) is 5.97 Å². The molecule has 4 nitrogen and oxygen atoms in total. The van der Waals surface area contributed by atoms with Crippen LogP contribution in [-0.4, -0.2) is 42.2 Å². The number of fused-ring (bicyclic) bond motifs is 1. The average molecular weight is 507 g/mol. The number of benzene rings is 2. The summed E-state index contributed by atoms with van der Waals surface area (Å²) in [6.07, 6.45) is 3.27. The van der Waals surface area contributed by atoms with Crippen molar-refractivity contribution in [1.82, 2.24) is 9.47 Å². The van der Waals surface area contributed by atoms with Gasteiger partial charge in [0.25, 0.3) is 0 Å². The smallest absolute Gasteiger partial charge is 0.337 e. The van der Waals surface area contributed by atoms with Crippen LogP contribution in [0.25, 0.3) is 10.9 Å². The van der Waals surface area contributed by atoms with E-state index in [0.717, 1.165) is 31.0 Å². The van der Waals surface area contributed by atoms with Gasteiger partial charge in [-0.15, -0.1) is 0 Å². The maximum Gasteiger partial charge on any atom is 0.337 e. The Hall–Kier alpha value is -2.59. The summed E-state index contributed by atoms with van der Waals surface area (Å²) in [4.78, 5) is 14.6. The number of hydrogen-bond acceptors (Lipinski definition) is 3. The Morgan fingerprint density at radius 3 is 2.35 bits per heavy atom. The normalized spacial score (nSPS) is 12.1. The van der Waals surface area contributed by atoms with Crippen LogP contribution in [0.1, 0.15) is 87.1 Å². The first-order valence-electron chi connectivity index (χ1n) is 14.2. The van der Waals surface area contributed by atoms with Gasteiger partial charge < -0.3 is 14.2 Å². The first-order valence-corrected chi connectivity index (χ1v) is 14.2. The van der Waals surface area contributed by atoms with Crippen LogP contribution in [0.15, 0.2) is 42.5 Å². The lowest BCUT2D eigenvalue weighted by atomic mass is 10.0. The zero-order chi connectivity index (χ0) is 27.5. The van der Waals surface area contributed by atoms with Gasteiger partial charge in [-0.2, -0.15) is 0 Å². The quantitative estimate of drug-likeness (QED) is 0.233. The van der Waals surface area contributed by atoms with Crippen molar-refractivity contribution in [2.75, 3.05) is 26.7 Å². The molecule has 0 amide bonds. The number of carbonyl (C=O) groups is 1. The molecule has 1 atom stereocenters. The Kier molecular flexibility index (Phi) is 12.4. The summed E-state index contributed by atoms with van der Waals surface area (Å²) in [6, 6.07) is 14.6. The molecule has 1 heterocycles. The molecule has 0 saturated carbocycles. The number of hydrogen-bond donors (Lipinski definition) is 0. The molecule has 1 aromatic heterocycles. The molecule has 2 aromatic carbocycles. The van der Waals surface area contributed by atoms with Crippen molar-refractivity contribution in [3.63, 3.8) is 0 Å². The predicted octanol–water partition coefficient (Wildman–Crippen LogP) is 8.06. The molecular weight excluding hydrogens is 456 g/mol. The number of methoxy groups -OCH3 is 1. The molecule has 0 N–H and O–H groups in total.